The number of anilines is 1. The maximum atomic E-state index is 13.4. The molecule has 3 aromatic carbocycles. The number of aliphatic imine (C=N–C) groups is 1. The molecule has 2 aromatic heterocycles. The molecular formula is C49H68N7O10PSi2. The lowest BCUT2D eigenvalue weighted by Gasteiger charge is -2.44. The van der Waals surface area contributed by atoms with Crippen molar-refractivity contribution >= 4 is 64.1 Å². The van der Waals surface area contributed by atoms with Crippen LogP contribution >= 0.6 is 8.25 Å². The highest BCUT2D eigenvalue weighted by Crippen LogP contribution is 2.49. The monoisotopic (exact) mass is 1000 g/mol. The molecular weight excluding hydrogens is 934 g/mol. The van der Waals surface area contributed by atoms with Crippen molar-refractivity contribution < 1.29 is 42.2 Å². The summed E-state index contributed by atoms with van der Waals surface area (Å²) in [5, 5.41) is 16.3. The van der Waals surface area contributed by atoms with Crippen molar-refractivity contribution in [2.45, 2.75) is 121 Å². The number of rotatable bonds is 14. The van der Waals surface area contributed by atoms with Crippen molar-refractivity contribution in [2.24, 2.45) is 4.99 Å². The highest BCUT2D eigenvalue weighted by atomic mass is 31.1. The van der Waals surface area contributed by atoms with Gasteiger partial charge in [0.1, 0.15) is 18.0 Å². The number of benzene rings is 3. The van der Waals surface area contributed by atoms with Crippen LogP contribution in [0, 0.1) is 0 Å². The number of aliphatic hydroxyl groups is 1. The summed E-state index contributed by atoms with van der Waals surface area (Å²) in [6.45, 7) is 19.2. The van der Waals surface area contributed by atoms with Crippen molar-refractivity contribution in [3.8, 4) is 5.75 Å². The Labute approximate surface area is 406 Å². The third-order valence-electron chi connectivity index (χ3n) is 13.4. The highest BCUT2D eigenvalue weighted by molar-refractivity contribution is 7.32. The van der Waals surface area contributed by atoms with Crippen molar-refractivity contribution in [2.75, 3.05) is 38.2 Å². The molecule has 2 saturated heterocycles. The second kappa shape index (κ2) is 21.7. The molecule has 0 bridgehead atoms. The molecule has 1 unspecified atom stereocenters. The van der Waals surface area contributed by atoms with Crippen LogP contribution in [0.2, 0.25) is 23.2 Å². The van der Waals surface area contributed by atoms with E-state index in [9.17, 15) is 24.2 Å². The van der Waals surface area contributed by atoms with E-state index >= 15 is 0 Å². The number of para-hydroxylation sites is 1. The van der Waals surface area contributed by atoms with Crippen LogP contribution in [0.15, 0.2) is 107 Å². The maximum Gasteiger partial charge on any atom is 0.319 e. The molecule has 5 heterocycles. The Bertz CT molecular complexity index is 2590. The number of amides is 1. The van der Waals surface area contributed by atoms with E-state index in [1.165, 1.54) is 61.9 Å². The van der Waals surface area contributed by atoms with Gasteiger partial charge in [-0.3, -0.25) is 38.5 Å². The van der Waals surface area contributed by atoms with Crippen molar-refractivity contribution in [1.82, 2.24) is 24.4 Å². The summed E-state index contributed by atoms with van der Waals surface area (Å²) in [5.74, 6) is -1.47. The number of fused-ring (bicyclic) bond motifs is 2. The molecule has 4 N–H and O–H groups in total. The minimum absolute atomic E-state index is 0.0237. The second-order valence-corrected chi connectivity index (χ2v) is 30.0. The molecule has 1 amide bonds. The van der Waals surface area contributed by atoms with E-state index in [-0.39, 0.29) is 30.3 Å². The fourth-order valence-electron chi connectivity index (χ4n) is 8.90. The Balaban J connectivity index is 0.000000556. The summed E-state index contributed by atoms with van der Waals surface area (Å²) in [7, 11) is -9.95. The van der Waals surface area contributed by atoms with Gasteiger partial charge in [0.2, 0.25) is 11.7 Å². The largest absolute Gasteiger partial charge is 0.484 e. The smallest absolute Gasteiger partial charge is 0.319 e. The number of hydrogen-bond donors (Lipinski definition) is 4. The number of ether oxygens (including phenoxy) is 2. The van der Waals surface area contributed by atoms with E-state index in [4.69, 9.17) is 22.8 Å². The summed E-state index contributed by atoms with van der Waals surface area (Å²) in [5.41, 5.74) is -0.786. The first-order chi connectivity index (χ1) is 32.7. The lowest BCUT2D eigenvalue weighted by Crippen LogP contribution is -2.67. The van der Waals surface area contributed by atoms with Gasteiger partial charge >= 0.3 is 8.25 Å². The standard InChI is InChI=1S/C40H52N5O10PSi2.C9H16N2/c1-38(2,3)57(7,8)54-33-36(45-26-41-32-34(45)43-37(44-35(32)47)42-31(46)25-51-27-18-12-9-13-19-27)53-30(40(33,48)55-56(49)50)24-52-58(39(4,5)6,28-20-14-10-15-21-28)29-22-16-11-17-23-29;1-2-5-9-10-6-4-8-11(9)7-3-1/h9-23,26,30,33,36,48,56H,24-25H2,1-8H3,(H,49,50)(H2,42,43,44,46,47);1-8H2/t30-,33+,36-,40-;/m1./s1. The van der Waals surface area contributed by atoms with Crippen LogP contribution < -0.4 is 26.0 Å². The van der Waals surface area contributed by atoms with Gasteiger partial charge in [-0.2, -0.15) is 4.98 Å². The lowest BCUT2D eigenvalue weighted by molar-refractivity contribution is -0.212. The lowest BCUT2D eigenvalue weighted by atomic mass is 10.1. The molecule has 0 saturated carbocycles. The Hall–Kier alpha value is -4.83. The minimum atomic E-state index is -3.84. The molecule has 0 spiro atoms. The Morgan fingerprint density at radius 2 is 1.54 bits per heavy atom. The van der Waals surface area contributed by atoms with Crippen molar-refractivity contribution in [1.29, 1.82) is 0 Å². The zero-order valence-corrected chi connectivity index (χ0v) is 43.9. The van der Waals surface area contributed by atoms with Gasteiger partial charge in [0.15, 0.2) is 32.3 Å². The third-order valence-corrected chi connectivity index (χ3v) is 23.4. The van der Waals surface area contributed by atoms with Gasteiger partial charge in [0.05, 0.1) is 18.8 Å². The van der Waals surface area contributed by atoms with E-state index in [2.05, 4.69) is 50.9 Å². The van der Waals surface area contributed by atoms with Gasteiger partial charge in [-0.15, -0.1) is 0 Å². The number of hydrogen-bond acceptors (Lipinski definition) is 13. The van der Waals surface area contributed by atoms with Crippen LogP contribution in [0.4, 0.5) is 5.95 Å². The first-order valence-electron chi connectivity index (χ1n) is 23.7. The predicted octanol–water partition coefficient (Wildman–Crippen LogP) is 6.75. The second-order valence-electron chi connectivity index (χ2n) is 20.2. The molecule has 8 rings (SSSR count). The topological polar surface area (TPSA) is 212 Å². The Kier molecular flexibility index (Phi) is 16.3. The predicted molar refractivity (Wildman–Crippen MR) is 272 cm³/mol. The van der Waals surface area contributed by atoms with Crippen LogP contribution in [-0.2, 0) is 27.5 Å². The fraction of sp³-hybridized carbons (Fsp3) is 0.490. The maximum absolute atomic E-state index is 13.4. The number of nitrogens with one attached hydrogen (secondary N) is 2. The van der Waals surface area contributed by atoms with Crippen LogP contribution in [0.3, 0.4) is 0 Å². The van der Waals surface area contributed by atoms with E-state index in [0.29, 0.717) is 5.75 Å². The van der Waals surface area contributed by atoms with E-state index < -0.39 is 70.7 Å². The molecule has 69 heavy (non-hydrogen) atoms. The Morgan fingerprint density at radius 3 is 2.14 bits per heavy atom. The number of imidazole rings is 1. The van der Waals surface area contributed by atoms with Gasteiger partial charge in [-0.1, -0.05) is 127 Å². The van der Waals surface area contributed by atoms with Gasteiger partial charge in [-0.05, 0) is 64.9 Å². The van der Waals surface area contributed by atoms with Gasteiger partial charge in [0.25, 0.3) is 19.8 Å². The Morgan fingerprint density at radius 1 is 0.913 bits per heavy atom. The molecule has 3 aliphatic rings. The quantitative estimate of drug-likeness (QED) is 0.0516. The summed E-state index contributed by atoms with van der Waals surface area (Å²) in [6, 6.07) is 28.5. The summed E-state index contributed by atoms with van der Waals surface area (Å²) in [4.78, 5) is 55.0. The third kappa shape index (κ3) is 11.7. The zero-order valence-electron chi connectivity index (χ0n) is 40.9. The summed E-state index contributed by atoms with van der Waals surface area (Å²) >= 11 is 0. The molecule has 20 heteroatoms. The number of aromatic nitrogens is 4. The molecule has 5 atom stereocenters. The first-order valence-corrected chi connectivity index (χ1v) is 29.8. The number of amidine groups is 1. The molecule has 0 aliphatic carbocycles. The molecule has 372 valence electrons. The number of carbonyl (C=O) groups excluding carboxylic acids is 1. The average molecular weight is 1000 g/mol. The fourth-order valence-corrected chi connectivity index (χ4v) is 15.3. The van der Waals surface area contributed by atoms with E-state index in [1.54, 1.807) is 24.3 Å². The summed E-state index contributed by atoms with van der Waals surface area (Å²) < 4.78 is 46.0. The van der Waals surface area contributed by atoms with Gasteiger partial charge in [-0.25, -0.2) is 4.98 Å². The number of H-pyrrole nitrogens is 1. The number of nitrogens with zero attached hydrogens (tertiary/aromatic N) is 5. The van der Waals surface area contributed by atoms with Gasteiger partial charge < -0.3 is 33.2 Å². The minimum Gasteiger partial charge on any atom is -0.484 e. The number of carbonyl (C=O) groups is 1. The normalized spacial score (nSPS) is 21.6. The van der Waals surface area contributed by atoms with Gasteiger partial charge in [0, 0.05) is 26.1 Å². The summed E-state index contributed by atoms with van der Waals surface area (Å²) in [6.07, 6.45) is 3.74. The van der Waals surface area contributed by atoms with Crippen LogP contribution in [-0.4, -0.2) is 114 Å². The highest BCUT2D eigenvalue weighted by Gasteiger charge is 2.63. The van der Waals surface area contributed by atoms with E-state index in [0.717, 1.165) is 16.9 Å². The van der Waals surface area contributed by atoms with E-state index in [1.807, 2.05) is 101 Å². The SMILES string of the molecule is C1CCC2=NCCCN2CC1.CC(C)(C)[Si](C)(C)O[C@H]1[C@H](n2cnc3c(=O)[nH]c(NC(=O)COc4ccccc4)nc32)O[C@H](CO[Si](c2ccccc2)(c2ccccc2)C(C)(C)C)[C@@]1(O)O[PH](=O)O. The number of aromatic amines is 1. The zero-order chi connectivity index (χ0) is 49.6. The van der Waals surface area contributed by atoms with Crippen LogP contribution in [0.5, 0.6) is 5.75 Å². The first kappa shape index (κ1) is 52.0. The average Bonchev–Trinajstić information content (AvgIpc) is 3.72. The van der Waals surface area contributed by atoms with Crippen LogP contribution in [0.1, 0.15) is 79.9 Å². The van der Waals surface area contributed by atoms with Crippen molar-refractivity contribution in [3.63, 3.8) is 0 Å². The molecule has 5 aromatic rings. The molecule has 2 fully saturated rings. The molecule has 3 aliphatic heterocycles. The molecule has 0 radical (unpaired) electrons. The van der Waals surface area contributed by atoms with Crippen LogP contribution in [0.25, 0.3) is 11.2 Å². The molecule has 17 nitrogen and oxygen atoms in total. The van der Waals surface area contributed by atoms with Crippen molar-refractivity contribution in [3.05, 3.63) is 108 Å².